The van der Waals surface area contributed by atoms with Crippen LogP contribution < -0.4 is 5.73 Å². The molecule has 1 heterocycles. The van der Waals surface area contributed by atoms with Crippen molar-refractivity contribution in [3.8, 4) is 0 Å². The van der Waals surface area contributed by atoms with Gasteiger partial charge >= 0.3 is 5.97 Å². The monoisotopic (exact) mass is 194 g/mol. The number of hydrogen-bond donors (Lipinski definition) is 3. The molecule has 0 bridgehead atoms. The minimum absolute atomic E-state index is 0.133. The number of rotatable bonds is 3. The van der Waals surface area contributed by atoms with Crippen LogP contribution in [0.25, 0.3) is 0 Å². The van der Waals surface area contributed by atoms with Crippen LogP contribution in [0.4, 0.5) is 0 Å². The average molecular weight is 194 g/mol. The zero-order valence-electron chi connectivity index (χ0n) is 7.92. The number of nitrogens with one attached hydrogen (secondary N) is 1. The Morgan fingerprint density at radius 3 is 3.07 bits per heavy atom. The summed E-state index contributed by atoms with van der Waals surface area (Å²) in [5.74, 6) is -0.774. The van der Waals surface area contributed by atoms with E-state index < -0.39 is 5.97 Å². The predicted molar refractivity (Wildman–Crippen MR) is 52.1 cm³/mol. The first-order chi connectivity index (χ1) is 6.68. The molecule has 76 valence electrons. The topological polar surface area (TPSA) is 79.1 Å². The molecule has 4 heteroatoms. The van der Waals surface area contributed by atoms with Crippen LogP contribution in [0.2, 0.25) is 0 Å². The van der Waals surface area contributed by atoms with E-state index in [4.69, 9.17) is 10.8 Å². The highest BCUT2D eigenvalue weighted by Gasteiger charge is 2.39. The Balaban J connectivity index is 2.35. The van der Waals surface area contributed by atoms with Crippen molar-refractivity contribution >= 4 is 5.97 Å². The van der Waals surface area contributed by atoms with E-state index in [0.717, 1.165) is 18.4 Å². The van der Waals surface area contributed by atoms with Gasteiger partial charge in [0, 0.05) is 24.4 Å². The molecule has 1 aliphatic rings. The molecule has 4 nitrogen and oxygen atoms in total. The molecule has 0 aromatic carbocycles. The highest BCUT2D eigenvalue weighted by molar-refractivity contribution is 5.69. The molecule has 1 atom stereocenters. The number of hydrogen-bond acceptors (Lipinski definition) is 2. The van der Waals surface area contributed by atoms with Gasteiger partial charge in [0.05, 0.1) is 6.42 Å². The largest absolute Gasteiger partial charge is 0.481 e. The predicted octanol–water partition coefficient (Wildman–Crippen LogP) is 0.632. The van der Waals surface area contributed by atoms with Crippen molar-refractivity contribution in [2.45, 2.75) is 24.7 Å². The summed E-state index contributed by atoms with van der Waals surface area (Å²) in [6.45, 7) is 0.407. The van der Waals surface area contributed by atoms with E-state index in [1.807, 2.05) is 12.4 Å². The minimum Gasteiger partial charge on any atom is -0.481 e. The molecule has 14 heavy (non-hydrogen) atoms. The summed E-state index contributed by atoms with van der Waals surface area (Å²) in [5.41, 5.74) is 7.70. The van der Waals surface area contributed by atoms with Crippen LogP contribution in [0, 0.1) is 0 Å². The highest BCUT2D eigenvalue weighted by Crippen LogP contribution is 2.40. The first-order valence-corrected chi connectivity index (χ1v) is 4.76. The molecule has 0 amide bonds. The fourth-order valence-corrected chi connectivity index (χ4v) is 2.36. The lowest BCUT2D eigenvalue weighted by molar-refractivity contribution is -0.138. The van der Waals surface area contributed by atoms with Gasteiger partial charge in [-0.25, -0.2) is 0 Å². The molecule has 2 rings (SSSR count). The number of aromatic amines is 1. The third-order valence-corrected chi connectivity index (χ3v) is 3.16. The van der Waals surface area contributed by atoms with E-state index in [-0.39, 0.29) is 11.8 Å². The molecule has 0 radical (unpaired) electrons. The zero-order chi connectivity index (χ0) is 10.2. The average Bonchev–Trinajstić information content (AvgIpc) is 2.68. The first kappa shape index (κ1) is 9.27. The van der Waals surface area contributed by atoms with Crippen molar-refractivity contribution in [3.05, 3.63) is 23.5 Å². The Labute approximate surface area is 82.1 Å². The maximum atomic E-state index is 10.8. The Kier molecular flexibility index (Phi) is 2.07. The van der Waals surface area contributed by atoms with E-state index in [2.05, 4.69) is 4.98 Å². The van der Waals surface area contributed by atoms with Crippen LogP contribution in [0.5, 0.6) is 0 Å². The van der Waals surface area contributed by atoms with Crippen LogP contribution in [0.15, 0.2) is 12.4 Å². The lowest BCUT2D eigenvalue weighted by atomic mass is 9.80. The van der Waals surface area contributed by atoms with Crippen LogP contribution in [0.1, 0.15) is 24.0 Å². The SMILES string of the molecule is NCC1(CC(=O)O)CCc2c[nH]cc21. The molecule has 1 aromatic rings. The second-order valence-corrected chi connectivity index (χ2v) is 3.95. The number of H-pyrrole nitrogens is 1. The molecular weight excluding hydrogens is 180 g/mol. The molecule has 0 aliphatic heterocycles. The summed E-state index contributed by atoms with van der Waals surface area (Å²) in [4.78, 5) is 13.8. The van der Waals surface area contributed by atoms with Crippen molar-refractivity contribution in [2.24, 2.45) is 5.73 Å². The van der Waals surface area contributed by atoms with Gasteiger partial charge in [-0.1, -0.05) is 0 Å². The minimum atomic E-state index is -0.774. The van der Waals surface area contributed by atoms with Crippen molar-refractivity contribution in [3.63, 3.8) is 0 Å². The van der Waals surface area contributed by atoms with Crippen LogP contribution in [-0.4, -0.2) is 22.6 Å². The number of aryl methyl sites for hydroxylation is 1. The lowest BCUT2D eigenvalue weighted by Gasteiger charge is -2.25. The highest BCUT2D eigenvalue weighted by atomic mass is 16.4. The Morgan fingerprint density at radius 1 is 1.64 bits per heavy atom. The van der Waals surface area contributed by atoms with Gasteiger partial charge in [-0.05, 0) is 24.0 Å². The number of nitrogens with two attached hydrogens (primary N) is 1. The van der Waals surface area contributed by atoms with Crippen molar-refractivity contribution in [1.29, 1.82) is 0 Å². The summed E-state index contributed by atoms with van der Waals surface area (Å²) in [5, 5.41) is 8.87. The van der Waals surface area contributed by atoms with Gasteiger partial charge in [-0.15, -0.1) is 0 Å². The summed E-state index contributed by atoms with van der Waals surface area (Å²) < 4.78 is 0. The van der Waals surface area contributed by atoms with Crippen LogP contribution in [-0.2, 0) is 16.6 Å². The first-order valence-electron chi connectivity index (χ1n) is 4.76. The standard InChI is InChI=1S/C10H14N2O2/c11-6-10(3-9(13)14)2-1-7-4-12-5-8(7)10/h4-5,12H,1-3,6,11H2,(H,13,14). The van der Waals surface area contributed by atoms with Crippen molar-refractivity contribution in [2.75, 3.05) is 6.54 Å². The molecule has 4 N–H and O–H groups in total. The molecule has 0 saturated carbocycles. The van der Waals surface area contributed by atoms with Gasteiger partial charge in [-0.2, -0.15) is 0 Å². The third kappa shape index (κ3) is 1.23. The normalized spacial score (nSPS) is 24.9. The quantitative estimate of drug-likeness (QED) is 0.660. The van der Waals surface area contributed by atoms with E-state index in [9.17, 15) is 4.79 Å². The molecule has 0 saturated heterocycles. The number of carboxylic acids is 1. The maximum Gasteiger partial charge on any atom is 0.304 e. The molecule has 1 unspecified atom stereocenters. The number of fused-ring (bicyclic) bond motifs is 1. The molecule has 1 aromatic heterocycles. The second kappa shape index (κ2) is 3.13. The summed E-state index contributed by atoms with van der Waals surface area (Å²) in [6.07, 6.45) is 5.75. The zero-order valence-corrected chi connectivity index (χ0v) is 7.92. The van der Waals surface area contributed by atoms with E-state index in [0.29, 0.717) is 6.54 Å². The number of aromatic nitrogens is 1. The fourth-order valence-electron chi connectivity index (χ4n) is 2.36. The van der Waals surface area contributed by atoms with Gasteiger partial charge in [0.25, 0.3) is 0 Å². The third-order valence-electron chi connectivity index (χ3n) is 3.16. The van der Waals surface area contributed by atoms with Crippen LogP contribution in [0.3, 0.4) is 0 Å². The number of carboxylic acid groups (broad SMARTS) is 1. The van der Waals surface area contributed by atoms with E-state index >= 15 is 0 Å². The molecular formula is C10H14N2O2. The Morgan fingerprint density at radius 2 is 2.43 bits per heavy atom. The Bertz CT molecular complexity index is 359. The molecule has 1 aliphatic carbocycles. The van der Waals surface area contributed by atoms with Crippen LogP contribution >= 0.6 is 0 Å². The summed E-state index contributed by atoms with van der Waals surface area (Å²) in [7, 11) is 0. The number of carbonyl (C=O) groups is 1. The molecule has 0 spiro atoms. The van der Waals surface area contributed by atoms with Gasteiger partial charge in [0.15, 0.2) is 0 Å². The van der Waals surface area contributed by atoms with Gasteiger partial charge < -0.3 is 15.8 Å². The second-order valence-electron chi connectivity index (χ2n) is 3.95. The van der Waals surface area contributed by atoms with E-state index in [1.54, 1.807) is 0 Å². The van der Waals surface area contributed by atoms with Gasteiger partial charge in [0.1, 0.15) is 0 Å². The fraction of sp³-hybridized carbons (Fsp3) is 0.500. The lowest BCUT2D eigenvalue weighted by Crippen LogP contribution is -2.35. The van der Waals surface area contributed by atoms with Gasteiger partial charge in [-0.3, -0.25) is 4.79 Å². The van der Waals surface area contributed by atoms with Crippen molar-refractivity contribution < 1.29 is 9.90 Å². The summed E-state index contributed by atoms with van der Waals surface area (Å²) >= 11 is 0. The number of aliphatic carboxylic acids is 1. The Hall–Kier alpha value is -1.29. The summed E-state index contributed by atoms with van der Waals surface area (Å²) in [6, 6.07) is 0. The van der Waals surface area contributed by atoms with Crippen molar-refractivity contribution in [1.82, 2.24) is 4.98 Å². The maximum absolute atomic E-state index is 10.8. The molecule has 0 fully saturated rings. The van der Waals surface area contributed by atoms with Gasteiger partial charge in [0.2, 0.25) is 0 Å². The van der Waals surface area contributed by atoms with E-state index in [1.165, 1.54) is 5.56 Å². The smallest absolute Gasteiger partial charge is 0.304 e.